The smallest absolute Gasteiger partial charge is 0.379 e. The summed E-state index contributed by atoms with van der Waals surface area (Å²) in [6.07, 6.45) is -1.14. The molecule has 3 N–H and O–H groups in total. The SMILES string of the molecule is O=P([O-])(O)C[N+]1(CP(=O)(O)O)CCSC1. The third-order valence-electron chi connectivity index (χ3n) is 2.04. The van der Waals surface area contributed by atoms with E-state index in [2.05, 4.69) is 0 Å². The molecule has 1 fully saturated rings. The number of rotatable bonds is 4. The van der Waals surface area contributed by atoms with Gasteiger partial charge in [-0.3, -0.25) is 9.05 Å². The normalized spacial score (nSPS) is 31.5. The highest BCUT2D eigenvalue weighted by Gasteiger charge is 2.40. The van der Waals surface area contributed by atoms with Gasteiger partial charge < -0.3 is 24.1 Å². The molecule has 0 spiro atoms. The van der Waals surface area contributed by atoms with E-state index in [0.717, 1.165) is 0 Å². The number of quaternary nitrogens is 1. The Morgan fingerprint density at radius 3 is 2.20 bits per heavy atom. The highest BCUT2D eigenvalue weighted by molar-refractivity contribution is 7.99. The van der Waals surface area contributed by atoms with E-state index in [4.69, 9.17) is 14.7 Å². The van der Waals surface area contributed by atoms with Crippen LogP contribution in [-0.4, -0.2) is 49.9 Å². The van der Waals surface area contributed by atoms with Crippen LogP contribution in [0, 0.1) is 0 Å². The van der Waals surface area contributed by atoms with Crippen molar-refractivity contribution >= 4 is 27.0 Å². The predicted molar refractivity (Wildman–Crippen MR) is 54.1 cm³/mol. The van der Waals surface area contributed by atoms with Crippen molar-refractivity contribution in [2.45, 2.75) is 0 Å². The van der Waals surface area contributed by atoms with Gasteiger partial charge >= 0.3 is 7.60 Å². The van der Waals surface area contributed by atoms with Gasteiger partial charge in [0, 0.05) is 5.75 Å². The standard InChI is InChI=1S/C5H13NO6P2S/c7-13(8,9)3-6(1-2-15-5-6)4-14(10,11)12/h1-5H2,(H3-,7,8,9,10,11,12). The molecule has 0 amide bonds. The molecule has 1 aliphatic heterocycles. The van der Waals surface area contributed by atoms with Gasteiger partial charge in [-0.1, -0.05) is 11.8 Å². The zero-order valence-corrected chi connectivity index (χ0v) is 10.5. The summed E-state index contributed by atoms with van der Waals surface area (Å²) in [5.74, 6) is 0.942. The highest BCUT2D eigenvalue weighted by atomic mass is 32.2. The minimum atomic E-state index is -4.50. The summed E-state index contributed by atoms with van der Waals surface area (Å²) >= 11 is 1.42. The molecule has 1 rings (SSSR count). The summed E-state index contributed by atoms with van der Waals surface area (Å²) in [6.45, 7) is 0.350. The molecule has 90 valence electrons. The van der Waals surface area contributed by atoms with Crippen molar-refractivity contribution in [3.8, 4) is 0 Å². The van der Waals surface area contributed by atoms with Gasteiger partial charge in [-0.15, -0.1) is 0 Å². The van der Waals surface area contributed by atoms with Gasteiger partial charge in [-0.05, 0) is 0 Å². The Labute approximate surface area is 91.4 Å². The third-order valence-corrected chi connectivity index (χ3v) is 5.17. The van der Waals surface area contributed by atoms with Crippen LogP contribution in [0.3, 0.4) is 0 Å². The predicted octanol–water partition coefficient (Wildman–Crippen LogP) is -0.854. The molecule has 7 nitrogen and oxygen atoms in total. The van der Waals surface area contributed by atoms with Crippen LogP contribution >= 0.6 is 27.0 Å². The first-order chi connectivity index (χ1) is 6.62. The van der Waals surface area contributed by atoms with E-state index in [1.807, 2.05) is 0 Å². The molecule has 0 aromatic rings. The average Bonchev–Trinajstić information content (AvgIpc) is 2.27. The first-order valence-corrected chi connectivity index (χ1v) is 8.84. The Morgan fingerprint density at radius 1 is 1.27 bits per heavy atom. The van der Waals surface area contributed by atoms with Crippen LogP contribution in [0.4, 0.5) is 0 Å². The number of hydrogen-bond acceptors (Lipinski definition) is 4. The largest absolute Gasteiger partial charge is 0.775 e. The van der Waals surface area contributed by atoms with Crippen molar-refractivity contribution in [2.24, 2.45) is 0 Å². The number of hydrogen-bond donors (Lipinski definition) is 3. The number of nitrogens with zero attached hydrogens (tertiary/aromatic N) is 1. The van der Waals surface area contributed by atoms with Crippen molar-refractivity contribution in [1.82, 2.24) is 0 Å². The minimum Gasteiger partial charge on any atom is -0.775 e. The van der Waals surface area contributed by atoms with Crippen LogP contribution in [0.15, 0.2) is 0 Å². The third kappa shape index (κ3) is 4.97. The van der Waals surface area contributed by atoms with E-state index in [1.165, 1.54) is 11.8 Å². The van der Waals surface area contributed by atoms with E-state index in [9.17, 15) is 14.0 Å². The number of thioether (sulfide) groups is 1. The maximum absolute atomic E-state index is 10.9. The maximum atomic E-state index is 10.9. The Morgan fingerprint density at radius 2 is 1.87 bits per heavy atom. The molecule has 0 bridgehead atoms. The first kappa shape index (κ1) is 13.7. The van der Waals surface area contributed by atoms with E-state index in [-0.39, 0.29) is 4.48 Å². The Balaban J connectivity index is 2.80. The van der Waals surface area contributed by atoms with Crippen LogP contribution < -0.4 is 4.89 Å². The fraction of sp³-hybridized carbons (Fsp3) is 1.00. The molecule has 1 heterocycles. The second-order valence-electron chi connectivity index (χ2n) is 3.69. The lowest BCUT2D eigenvalue weighted by molar-refractivity contribution is -0.890. The molecule has 1 aliphatic rings. The van der Waals surface area contributed by atoms with Gasteiger partial charge in [0.2, 0.25) is 0 Å². The topological polar surface area (TPSA) is 118 Å². The van der Waals surface area contributed by atoms with Gasteiger partial charge in [0.15, 0.2) is 13.9 Å². The lowest BCUT2D eigenvalue weighted by Gasteiger charge is -2.36. The van der Waals surface area contributed by atoms with E-state index >= 15 is 0 Å². The lowest BCUT2D eigenvalue weighted by atomic mass is 10.6. The van der Waals surface area contributed by atoms with Crippen molar-refractivity contribution in [3.05, 3.63) is 0 Å². The minimum absolute atomic E-state index is 0.258. The van der Waals surface area contributed by atoms with Crippen molar-refractivity contribution in [2.75, 3.05) is 30.7 Å². The molecular formula is C5H13NO6P2S. The summed E-state index contributed by atoms with van der Waals surface area (Å²) in [5, 5.41) is 0. The Hall–Kier alpha value is 0.610. The van der Waals surface area contributed by atoms with Crippen molar-refractivity contribution in [3.63, 3.8) is 0 Å². The highest BCUT2D eigenvalue weighted by Crippen LogP contribution is 2.45. The zero-order valence-electron chi connectivity index (χ0n) is 7.85. The Bertz CT molecular complexity index is 291. The molecule has 0 saturated carbocycles. The maximum Gasteiger partial charge on any atom is 0.379 e. The Kier molecular flexibility index (Phi) is 4.07. The summed E-state index contributed by atoms with van der Waals surface area (Å²) < 4.78 is 21.4. The first-order valence-electron chi connectivity index (χ1n) is 4.12. The molecule has 0 radical (unpaired) electrons. The molecule has 0 aromatic heterocycles. The van der Waals surface area contributed by atoms with Gasteiger partial charge in [0.05, 0.1) is 6.54 Å². The van der Waals surface area contributed by atoms with Gasteiger partial charge in [0.1, 0.15) is 12.2 Å². The summed E-state index contributed by atoms with van der Waals surface area (Å²) in [5.41, 5.74) is 0. The zero-order chi connectivity index (χ0) is 11.7. The molecule has 10 heteroatoms. The van der Waals surface area contributed by atoms with E-state index < -0.39 is 27.8 Å². The summed E-state index contributed by atoms with van der Waals surface area (Å²) in [7, 11) is -8.78. The van der Waals surface area contributed by atoms with Crippen LogP contribution in [0.25, 0.3) is 0 Å². The lowest BCUT2D eigenvalue weighted by Crippen LogP contribution is -2.47. The molecular weight excluding hydrogens is 264 g/mol. The summed E-state index contributed by atoms with van der Waals surface area (Å²) in [4.78, 5) is 37.3. The van der Waals surface area contributed by atoms with Crippen LogP contribution in [0.1, 0.15) is 0 Å². The van der Waals surface area contributed by atoms with Gasteiger partial charge in [0.25, 0.3) is 0 Å². The van der Waals surface area contributed by atoms with Crippen LogP contribution in [0.5, 0.6) is 0 Å². The molecule has 0 aliphatic carbocycles. The van der Waals surface area contributed by atoms with E-state index in [0.29, 0.717) is 18.2 Å². The fourth-order valence-electron chi connectivity index (χ4n) is 1.62. The van der Waals surface area contributed by atoms with Crippen molar-refractivity contribution in [1.29, 1.82) is 0 Å². The summed E-state index contributed by atoms with van der Waals surface area (Å²) in [6, 6.07) is 0. The monoisotopic (exact) mass is 277 g/mol. The second kappa shape index (κ2) is 4.47. The molecule has 2 atom stereocenters. The van der Waals surface area contributed by atoms with Gasteiger partial charge in [-0.25, -0.2) is 0 Å². The fourth-order valence-corrected chi connectivity index (χ4v) is 5.61. The average molecular weight is 277 g/mol. The van der Waals surface area contributed by atoms with Crippen LogP contribution in [-0.2, 0) is 9.13 Å². The van der Waals surface area contributed by atoms with Crippen LogP contribution in [0.2, 0.25) is 0 Å². The second-order valence-corrected chi connectivity index (χ2v) is 7.93. The molecule has 2 unspecified atom stereocenters. The van der Waals surface area contributed by atoms with Gasteiger partial charge in [-0.2, -0.15) is 0 Å². The van der Waals surface area contributed by atoms with E-state index in [1.54, 1.807) is 0 Å². The molecule has 0 aromatic carbocycles. The molecule has 15 heavy (non-hydrogen) atoms. The quantitative estimate of drug-likeness (QED) is 0.452. The molecule has 1 saturated heterocycles. The van der Waals surface area contributed by atoms with Crippen molar-refractivity contribution < 1.29 is 33.2 Å².